The summed E-state index contributed by atoms with van der Waals surface area (Å²) in [5.74, 6) is 1.82. The highest BCUT2D eigenvalue weighted by molar-refractivity contribution is 5.90. The average molecular weight is 247 g/mol. The van der Waals surface area contributed by atoms with Crippen molar-refractivity contribution in [3.05, 3.63) is 39.9 Å². The van der Waals surface area contributed by atoms with Gasteiger partial charge in [-0.3, -0.25) is 10.1 Å². The Morgan fingerprint density at radius 2 is 2.06 bits per heavy atom. The second kappa shape index (κ2) is 5.32. The normalized spacial score (nSPS) is 13.2. The molecule has 18 heavy (non-hydrogen) atoms. The van der Waals surface area contributed by atoms with E-state index in [4.69, 9.17) is 11.2 Å². The van der Waals surface area contributed by atoms with Gasteiger partial charge in [-0.15, -0.1) is 6.42 Å². The molecule has 94 valence electrons. The van der Waals surface area contributed by atoms with Crippen molar-refractivity contribution in [2.24, 2.45) is 0 Å². The van der Waals surface area contributed by atoms with Crippen molar-refractivity contribution in [2.45, 2.75) is 25.9 Å². The molecule has 0 fully saturated rings. The Kier molecular flexibility index (Phi) is 4.05. The summed E-state index contributed by atoms with van der Waals surface area (Å²) in [6.07, 6.45) is 5.78. The van der Waals surface area contributed by atoms with Crippen LogP contribution in [0.5, 0.6) is 0 Å². The average Bonchev–Trinajstić information content (AvgIpc) is 2.38. The number of rotatable bonds is 4. The first-order valence-electron chi connectivity index (χ1n) is 5.37. The van der Waals surface area contributed by atoms with E-state index >= 15 is 0 Å². The Balaban J connectivity index is 2.86. The van der Waals surface area contributed by atoms with Crippen LogP contribution >= 0.6 is 0 Å². The minimum Gasteiger partial charge on any atom is -0.443 e. The number of carbonyl (C=O) groups is 1. The topological polar surface area (TPSA) is 69.4 Å². The highest BCUT2D eigenvalue weighted by atomic mass is 16.6. The van der Waals surface area contributed by atoms with Gasteiger partial charge in [0, 0.05) is 12.1 Å². The van der Waals surface area contributed by atoms with E-state index in [2.05, 4.69) is 5.92 Å². The highest BCUT2D eigenvalue weighted by Crippen LogP contribution is 2.18. The lowest BCUT2D eigenvalue weighted by molar-refractivity contribution is -0.384. The van der Waals surface area contributed by atoms with E-state index in [0.717, 1.165) is 0 Å². The van der Waals surface area contributed by atoms with Crippen LogP contribution in [0, 0.1) is 22.5 Å². The van der Waals surface area contributed by atoms with E-state index in [9.17, 15) is 14.9 Å². The van der Waals surface area contributed by atoms with Crippen molar-refractivity contribution < 1.29 is 14.5 Å². The van der Waals surface area contributed by atoms with Crippen LogP contribution in [0.25, 0.3) is 0 Å². The van der Waals surface area contributed by atoms with Crippen LogP contribution in [0.2, 0.25) is 0 Å². The largest absolute Gasteiger partial charge is 0.443 e. The minimum atomic E-state index is -0.959. The summed E-state index contributed by atoms with van der Waals surface area (Å²) in [5, 5.41) is 10.5. The lowest BCUT2D eigenvalue weighted by Gasteiger charge is -2.22. The molecule has 5 nitrogen and oxygen atoms in total. The molecule has 0 aromatic heterocycles. The standard InChI is InChI=1S/C13H13NO4/c1-4-13(3,5-2)18-12(15)10-6-8-11(9-7-10)14(16)17/h1,6-9H,5H2,2-3H3/t13-/m0/s1. The predicted octanol–water partition coefficient (Wildman–Crippen LogP) is 2.55. The van der Waals surface area contributed by atoms with E-state index in [-0.39, 0.29) is 11.3 Å². The molecule has 1 atom stereocenters. The molecule has 0 saturated carbocycles. The second-order valence-electron chi connectivity index (χ2n) is 3.92. The fraction of sp³-hybridized carbons (Fsp3) is 0.308. The molecular formula is C13H13NO4. The van der Waals surface area contributed by atoms with Crippen LogP contribution in [0.15, 0.2) is 24.3 Å². The van der Waals surface area contributed by atoms with Crippen molar-refractivity contribution in [3.8, 4) is 12.3 Å². The van der Waals surface area contributed by atoms with E-state index in [1.807, 2.05) is 6.92 Å². The fourth-order valence-corrected chi connectivity index (χ4v) is 1.19. The summed E-state index contributed by atoms with van der Waals surface area (Å²) >= 11 is 0. The molecule has 0 heterocycles. The molecule has 5 heteroatoms. The zero-order valence-corrected chi connectivity index (χ0v) is 10.2. The third kappa shape index (κ3) is 3.08. The number of carbonyl (C=O) groups excluding carboxylic acids is 1. The highest BCUT2D eigenvalue weighted by Gasteiger charge is 2.24. The first-order valence-corrected chi connectivity index (χ1v) is 5.37. The maximum Gasteiger partial charge on any atom is 0.339 e. The van der Waals surface area contributed by atoms with E-state index in [0.29, 0.717) is 6.42 Å². The third-order valence-corrected chi connectivity index (χ3v) is 2.61. The lowest BCUT2D eigenvalue weighted by atomic mass is 10.0. The van der Waals surface area contributed by atoms with Gasteiger partial charge in [-0.05, 0) is 25.5 Å². The van der Waals surface area contributed by atoms with E-state index in [1.54, 1.807) is 6.92 Å². The zero-order chi connectivity index (χ0) is 13.8. The lowest BCUT2D eigenvalue weighted by Crippen LogP contribution is -2.29. The summed E-state index contributed by atoms with van der Waals surface area (Å²) in [6, 6.07) is 5.17. The van der Waals surface area contributed by atoms with Crippen molar-refractivity contribution in [1.29, 1.82) is 0 Å². The SMILES string of the molecule is C#C[C@@](C)(CC)OC(=O)c1ccc([N+](=O)[O-])cc1. The van der Waals surface area contributed by atoms with Crippen molar-refractivity contribution in [1.82, 2.24) is 0 Å². The van der Waals surface area contributed by atoms with Gasteiger partial charge in [-0.25, -0.2) is 4.79 Å². The van der Waals surface area contributed by atoms with E-state index < -0.39 is 16.5 Å². The quantitative estimate of drug-likeness (QED) is 0.355. The Morgan fingerprint density at radius 3 is 2.44 bits per heavy atom. The maximum absolute atomic E-state index is 11.8. The van der Waals surface area contributed by atoms with Crippen LogP contribution in [0.4, 0.5) is 5.69 Å². The molecule has 0 bridgehead atoms. The fourth-order valence-electron chi connectivity index (χ4n) is 1.19. The van der Waals surface area contributed by atoms with Gasteiger partial charge in [0.25, 0.3) is 5.69 Å². The molecule has 1 aromatic carbocycles. The minimum absolute atomic E-state index is 0.0817. The predicted molar refractivity (Wildman–Crippen MR) is 66.0 cm³/mol. The molecule has 1 aromatic rings. The smallest absolute Gasteiger partial charge is 0.339 e. The Morgan fingerprint density at radius 1 is 1.50 bits per heavy atom. The number of hydrogen-bond donors (Lipinski definition) is 0. The summed E-state index contributed by atoms with van der Waals surface area (Å²) in [6.45, 7) is 3.44. The van der Waals surface area contributed by atoms with Gasteiger partial charge in [0.05, 0.1) is 10.5 Å². The molecule has 0 aliphatic heterocycles. The second-order valence-corrected chi connectivity index (χ2v) is 3.92. The number of benzene rings is 1. The monoisotopic (exact) mass is 247 g/mol. The number of hydrogen-bond acceptors (Lipinski definition) is 4. The van der Waals surface area contributed by atoms with E-state index in [1.165, 1.54) is 24.3 Å². The molecule has 0 N–H and O–H groups in total. The van der Waals surface area contributed by atoms with Gasteiger partial charge in [0.1, 0.15) is 0 Å². The number of ether oxygens (including phenoxy) is 1. The van der Waals surface area contributed by atoms with Gasteiger partial charge in [0.15, 0.2) is 5.60 Å². The third-order valence-electron chi connectivity index (χ3n) is 2.61. The summed E-state index contributed by atoms with van der Waals surface area (Å²) in [4.78, 5) is 21.7. The molecule has 0 unspecified atom stereocenters. The Hall–Kier alpha value is -2.35. The number of nitro groups is 1. The number of esters is 1. The molecule has 0 radical (unpaired) electrons. The van der Waals surface area contributed by atoms with Crippen molar-refractivity contribution in [2.75, 3.05) is 0 Å². The number of nitro benzene ring substituents is 1. The van der Waals surface area contributed by atoms with Gasteiger partial charge in [-0.2, -0.15) is 0 Å². The van der Waals surface area contributed by atoms with Gasteiger partial charge >= 0.3 is 5.97 Å². The number of non-ortho nitro benzene ring substituents is 1. The van der Waals surface area contributed by atoms with Crippen LogP contribution in [-0.4, -0.2) is 16.5 Å². The van der Waals surface area contributed by atoms with Crippen LogP contribution < -0.4 is 0 Å². The summed E-state index contributed by atoms with van der Waals surface area (Å²) in [5.41, 5.74) is -0.809. The van der Waals surface area contributed by atoms with Crippen molar-refractivity contribution >= 4 is 11.7 Å². The molecule has 0 aliphatic carbocycles. The van der Waals surface area contributed by atoms with Gasteiger partial charge in [0.2, 0.25) is 0 Å². The van der Waals surface area contributed by atoms with Crippen LogP contribution in [-0.2, 0) is 4.74 Å². The zero-order valence-electron chi connectivity index (χ0n) is 10.2. The summed E-state index contributed by atoms with van der Waals surface area (Å²) in [7, 11) is 0. The molecule has 0 aliphatic rings. The molecule has 0 saturated heterocycles. The first kappa shape index (κ1) is 13.7. The molecular weight excluding hydrogens is 234 g/mol. The first-order chi connectivity index (χ1) is 8.41. The van der Waals surface area contributed by atoms with Crippen LogP contribution in [0.1, 0.15) is 30.6 Å². The Bertz CT molecular complexity index is 501. The summed E-state index contributed by atoms with van der Waals surface area (Å²) < 4.78 is 5.18. The van der Waals surface area contributed by atoms with Crippen molar-refractivity contribution in [3.63, 3.8) is 0 Å². The molecule has 1 rings (SSSR count). The Labute approximate surface area is 105 Å². The maximum atomic E-state index is 11.8. The van der Waals surface area contributed by atoms with Gasteiger partial charge < -0.3 is 4.74 Å². The number of nitrogens with zero attached hydrogens (tertiary/aromatic N) is 1. The van der Waals surface area contributed by atoms with Crippen LogP contribution in [0.3, 0.4) is 0 Å². The molecule has 0 amide bonds. The number of terminal acetylenes is 1. The molecule has 0 spiro atoms. The van der Waals surface area contributed by atoms with Gasteiger partial charge in [-0.1, -0.05) is 12.8 Å².